The third-order valence-corrected chi connectivity index (χ3v) is 3.13. The van der Waals surface area contributed by atoms with E-state index in [1.54, 1.807) is 0 Å². The van der Waals surface area contributed by atoms with Gasteiger partial charge in [0, 0.05) is 17.1 Å². The molecule has 1 aromatic carbocycles. The third-order valence-electron chi connectivity index (χ3n) is 2.74. The van der Waals surface area contributed by atoms with E-state index in [9.17, 15) is 9.41 Å². The summed E-state index contributed by atoms with van der Waals surface area (Å²) in [6.07, 6.45) is 0. The largest absolute Gasteiger partial charge is 0.493 e. The van der Waals surface area contributed by atoms with Crippen molar-refractivity contribution in [1.29, 1.82) is 5.26 Å². The predicted octanol–water partition coefficient (Wildman–Crippen LogP) is 0.317. The van der Waals surface area contributed by atoms with Crippen molar-refractivity contribution in [3.63, 3.8) is 0 Å². The van der Waals surface area contributed by atoms with E-state index in [2.05, 4.69) is 0 Å². The van der Waals surface area contributed by atoms with Crippen LogP contribution in [0.3, 0.4) is 0 Å². The zero-order valence-electron chi connectivity index (χ0n) is 10.1. The van der Waals surface area contributed by atoms with Gasteiger partial charge in [0.25, 0.3) is 0 Å². The van der Waals surface area contributed by atoms with E-state index in [0.717, 1.165) is 6.07 Å². The van der Waals surface area contributed by atoms with Gasteiger partial charge in [-0.1, -0.05) is 11.6 Å². The lowest BCUT2D eigenvalue weighted by atomic mass is 9.79. The molecule has 0 saturated heterocycles. The SMILES string of the molecule is C[C@](N)(C#N)COc1cc(F)c2c(c1Cl)B(O)OC2. The summed E-state index contributed by atoms with van der Waals surface area (Å²) in [6.45, 7) is 1.27. The zero-order chi connectivity index (χ0) is 14.2. The molecule has 3 N–H and O–H groups in total. The first-order valence-corrected chi connectivity index (χ1v) is 5.87. The lowest BCUT2D eigenvalue weighted by Crippen LogP contribution is -2.41. The molecule has 1 aliphatic rings. The van der Waals surface area contributed by atoms with Gasteiger partial charge in [0.05, 0.1) is 17.7 Å². The maximum Gasteiger partial charge on any atom is 0.493 e. The van der Waals surface area contributed by atoms with Crippen LogP contribution in [0.15, 0.2) is 6.07 Å². The maximum atomic E-state index is 13.8. The fourth-order valence-corrected chi connectivity index (χ4v) is 1.99. The molecule has 5 nitrogen and oxygen atoms in total. The van der Waals surface area contributed by atoms with Crippen LogP contribution in [0.2, 0.25) is 5.02 Å². The van der Waals surface area contributed by atoms with Gasteiger partial charge in [-0.05, 0) is 6.92 Å². The average molecular weight is 284 g/mol. The molecule has 1 heterocycles. The summed E-state index contributed by atoms with van der Waals surface area (Å²) in [5, 5.41) is 18.4. The number of halogens is 2. The summed E-state index contributed by atoms with van der Waals surface area (Å²) in [6, 6.07) is 2.94. The highest BCUT2D eigenvalue weighted by Crippen LogP contribution is 2.29. The zero-order valence-corrected chi connectivity index (χ0v) is 10.9. The highest BCUT2D eigenvalue weighted by atomic mass is 35.5. The summed E-state index contributed by atoms with van der Waals surface area (Å²) in [7, 11) is -1.28. The number of nitrogens with zero attached hydrogens (tertiary/aromatic N) is 1. The van der Waals surface area contributed by atoms with Crippen LogP contribution >= 0.6 is 11.6 Å². The van der Waals surface area contributed by atoms with E-state index in [1.165, 1.54) is 6.92 Å². The van der Waals surface area contributed by atoms with Crippen LogP contribution in [0.25, 0.3) is 0 Å². The van der Waals surface area contributed by atoms with Gasteiger partial charge >= 0.3 is 7.12 Å². The fourth-order valence-electron chi connectivity index (χ4n) is 1.67. The number of ether oxygens (including phenoxy) is 1. The molecule has 0 saturated carbocycles. The Hall–Kier alpha value is -1.33. The summed E-state index contributed by atoms with van der Waals surface area (Å²) < 4.78 is 23.9. The molecule has 0 radical (unpaired) electrons. The quantitative estimate of drug-likeness (QED) is 0.780. The molecule has 1 aromatic rings. The Morgan fingerprint density at radius 3 is 3.11 bits per heavy atom. The van der Waals surface area contributed by atoms with Crippen molar-refractivity contribution in [2.75, 3.05) is 6.61 Å². The van der Waals surface area contributed by atoms with Gasteiger partial charge in [-0.15, -0.1) is 0 Å². The summed E-state index contributed by atoms with van der Waals surface area (Å²) in [5.41, 5.74) is 4.75. The molecule has 0 aliphatic carbocycles. The Bertz CT molecular complexity index is 562. The number of benzene rings is 1. The van der Waals surface area contributed by atoms with Gasteiger partial charge in [-0.2, -0.15) is 5.26 Å². The third kappa shape index (κ3) is 2.67. The Morgan fingerprint density at radius 2 is 2.47 bits per heavy atom. The molecule has 1 atom stereocenters. The van der Waals surface area contributed by atoms with E-state index < -0.39 is 18.5 Å². The minimum Gasteiger partial charge on any atom is -0.489 e. The number of fused-ring (bicyclic) bond motifs is 1. The first-order valence-electron chi connectivity index (χ1n) is 5.49. The van der Waals surface area contributed by atoms with Gasteiger partial charge in [-0.3, -0.25) is 0 Å². The van der Waals surface area contributed by atoms with Crippen LogP contribution in [-0.2, 0) is 11.3 Å². The van der Waals surface area contributed by atoms with Gasteiger partial charge in [0.2, 0.25) is 0 Å². The van der Waals surface area contributed by atoms with E-state index >= 15 is 0 Å². The number of hydrogen-bond donors (Lipinski definition) is 2. The maximum absolute atomic E-state index is 13.8. The normalized spacial score (nSPS) is 16.7. The van der Waals surface area contributed by atoms with Crippen LogP contribution in [0, 0.1) is 17.1 Å². The summed E-state index contributed by atoms with van der Waals surface area (Å²) >= 11 is 6.04. The molecule has 0 fully saturated rings. The topological polar surface area (TPSA) is 88.5 Å². The van der Waals surface area contributed by atoms with Crippen molar-refractivity contribution in [2.45, 2.75) is 19.1 Å². The highest BCUT2D eigenvalue weighted by Gasteiger charge is 2.34. The Kier molecular flexibility index (Phi) is 3.70. The van der Waals surface area contributed by atoms with E-state index in [0.29, 0.717) is 0 Å². The van der Waals surface area contributed by atoms with Crippen LogP contribution in [0.5, 0.6) is 5.75 Å². The lowest BCUT2D eigenvalue weighted by Gasteiger charge is -2.18. The Morgan fingerprint density at radius 1 is 1.79 bits per heavy atom. The van der Waals surface area contributed by atoms with E-state index in [1.807, 2.05) is 6.07 Å². The Balaban J connectivity index is 2.31. The van der Waals surface area contributed by atoms with Crippen molar-refractivity contribution >= 4 is 24.2 Å². The standard InChI is InChI=1S/C11H11BClFN2O3/c1-11(16,4-15)5-18-8-2-7(14)6-3-19-12(17)9(6)10(8)13/h2,17H,3,5,16H2,1H3/t11-/m0/s1. The van der Waals surface area contributed by atoms with Crippen molar-refractivity contribution in [1.82, 2.24) is 0 Å². The van der Waals surface area contributed by atoms with Gasteiger partial charge in [0.15, 0.2) is 0 Å². The lowest BCUT2D eigenvalue weighted by molar-refractivity contribution is 0.263. The second-order valence-corrected chi connectivity index (χ2v) is 4.92. The summed E-state index contributed by atoms with van der Waals surface area (Å²) in [4.78, 5) is 0. The van der Waals surface area contributed by atoms with Gasteiger partial charge in [-0.25, -0.2) is 4.39 Å². The van der Waals surface area contributed by atoms with E-state index in [-0.39, 0.29) is 35.0 Å². The molecule has 2 rings (SSSR count). The fraction of sp³-hybridized carbons (Fsp3) is 0.364. The number of nitriles is 1. The molecule has 0 bridgehead atoms. The first kappa shape index (κ1) is 14.1. The monoisotopic (exact) mass is 284 g/mol. The second kappa shape index (κ2) is 4.98. The second-order valence-electron chi connectivity index (χ2n) is 4.54. The van der Waals surface area contributed by atoms with E-state index in [4.69, 9.17) is 32.0 Å². The Labute approximate surface area is 114 Å². The predicted molar refractivity (Wildman–Crippen MR) is 67.5 cm³/mol. The van der Waals surface area contributed by atoms with Crippen LogP contribution in [-0.4, -0.2) is 24.3 Å². The van der Waals surface area contributed by atoms with Crippen molar-refractivity contribution in [2.24, 2.45) is 5.73 Å². The molecular weight excluding hydrogens is 273 g/mol. The molecule has 100 valence electrons. The smallest absolute Gasteiger partial charge is 0.489 e. The van der Waals surface area contributed by atoms with Crippen LogP contribution < -0.4 is 15.9 Å². The minimum atomic E-state index is -1.28. The highest BCUT2D eigenvalue weighted by molar-refractivity contribution is 6.65. The van der Waals surface area contributed by atoms with Crippen LogP contribution in [0.1, 0.15) is 12.5 Å². The van der Waals surface area contributed by atoms with Crippen molar-refractivity contribution in [3.8, 4) is 11.8 Å². The molecule has 0 unspecified atom stereocenters. The molecule has 0 amide bonds. The first-order chi connectivity index (χ1) is 8.85. The molecule has 1 aliphatic heterocycles. The van der Waals surface area contributed by atoms with Crippen molar-refractivity contribution in [3.05, 3.63) is 22.5 Å². The molecule has 0 spiro atoms. The number of hydrogen-bond acceptors (Lipinski definition) is 5. The summed E-state index contributed by atoms with van der Waals surface area (Å²) in [5.74, 6) is -0.559. The molecule has 8 heteroatoms. The van der Waals surface area contributed by atoms with Crippen molar-refractivity contribution < 1.29 is 18.8 Å². The molecule has 19 heavy (non-hydrogen) atoms. The minimum absolute atomic E-state index is 0.0226. The molecule has 0 aromatic heterocycles. The van der Waals surface area contributed by atoms with Gasteiger partial charge < -0.3 is 20.1 Å². The molecular formula is C11H11BClFN2O3. The number of rotatable bonds is 3. The van der Waals surface area contributed by atoms with Gasteiger partial charge in [0.1, 0.15) is 23.7 Å². The van der Waals surface area contributed by atoms with Crippen LogP contribution in [0.4, 0.5) is 4.39 Å². The number of nitrogens with two attached hydrogens (primary N) is 1. The average Bonchev–Trinajstić information content (AvgIpc) is 2.75.